The van der Waals surface area contributed by atoms with E-state index in [2.05, 4.69) is 46.4 Å². The van der Waals surface area contributed by atoms with Gasteiger partial charge >= 0.3 is 0 Å². The van der Waals surface area contributed by atoms with Gasteiger partial charge in [0.05, 0.1) is 0 Å². The van der Waals surface area contributed by atoms with E-state index in [9.17, 15) is 0 Å². The van der Waals surface area contributed by atoms with Crippen LogP contribution in [0.3, 0.4) is 0 Å². The summed E-state index contributed by atoms with van der Waals surface area (Å²) in [6, 6.07) is 7.25. The Morgan fingerprint density at radius 3 is 2.79 bits per heavy atom. The lowest BCUT2D eigenvalue weighted by Gasteiger charge is -2.24. The molecule has 0 aromatic heterocycles. The number of nitrogens with one attached hydrogen (secondary N) is 1. The van der Waals surface area contributed by atoms with Gasteiger partial charge in [-0.15, -0.1) is 0 Å². The predicted molar refractivity (Wildman–Crippen MR) is 63.5 cm³/mol. The second kappa shape index (κ2) is 4.45. The molecule has 1 nitrogen and oxygen atoms in total. The molecule has 0 spiro atoms. The van der Waals surface area contributed by atoms with E-state index < -0.39 is 0 Å². The van der Waals surface area contributed by atoms with Gasteiger partial charge in [-0.1, -0.05) is 28.4 Å². The van der Waals surface area contributed by atoms with E-state index in [1.807, 2.05) is 0 Å². The molecule has 0 radical (unpaired) electrons. The second-order valence-corrected chi connectivity index (χ2v) is 4.98. The first-order valence-electron chi connectivity index (χ1n) is 5.26. The van der Waals surface area contributed by atoms with Crippen molar-refractivity contribution in [3.05, 3.63) is 33.8 Å². The molecular weight excluding hydrogens is 238 g/mol. The molecule has 1 fully saturated rings. The average Bonchev–Trinajstić information content (AvgIpc) is 2.18. The zero-order chi connectivity index (χ0) is 9.97. The third kappa shape index (κ3) is 2.37. The van der Waals surface area contributed by atoms with Crippen molar-refractivity contribution in [1.82, 2.24) is 5.32 Å². The van der Waals surface area contributed by atoms with Gasteiger partial charge in [0, 0.05) is 10.5 Å². The molecule has 2 rings (SSSR count). The molecule has 1 aromatic rings. The number of aryl methyl sites for hydroxylation is 1. The molecule has 1 heterocycles. The van der Waals surface area contributed by atoms with Crippen LogP contribution in [0.2, 0.25) is 0 Å². The van der Waals surface area contributed by atoms with Gasteiger partial charge in [-0.05, 0) is 49.6 Å². The van der Waals surface area contributed by atoms with Gasteiger partial charge in [0.15, 0.2) is 0 Å². The standard InChI is InChI=1S/C12H16BrN/c1-9-6-10(8-11(13)7-9)12-4-2-3-5-14-12/h6-8,12,14H,2-5H2,1H3/t12-/m0/s1. The Balaban J connectivity index is 2.21. The van der Waals surface area contributed by atoms with E-state index in [1.54, 1.807) is 0 Å². The molecule has 1 aromatic carbocycles. The van der Waals surface area contributed by atoms with Crippen LogP contribution in [0.25, 0.3) is 0 Å². The van der Waals surface area contributed by atoms with Crippen LogP contribution in [-0.2, 0) is 0 Å². The smallest absolute Gasteiger partial charge is 0.0320 e. The first-order chi connectivity index (χ1) is 6.75. The average molecular weight is 254 g/mol. The summed E-state index contributed by atoms with van der Waals surface area (Å²) in [6.07, 6.45) is 3.95. The maximum atomic E-state index is 3.57. The van der Waals surface area contributed by atoms with Gasteiger partial charge < -0.3 is 5.32 Å². The van der Waals surface area contributed by atoms with Crippen LogP contribution < -0.4 is 5.32 Å². The summed E-state index contributed by atoms with van der Waals surface area (Å²) >= 11 is 3.55. The Hall–Kier alpha value is -0.340. The first kappa shape index (κ1) is 10.2. The van der Waals surface area contributed by atoms with Crippen molar-refractivity contribution in [1.29, 1.82) is 0 Å². The summed E-state index contributed by atoms with van der Waals surface area (Å²) < 4.78 is 1.19. The minimum Gasteiger partial charge on any atom is -0.310 e. The van der Waals surface area contributed by atoms with Crippen molar-refractivity contribution in [2.24, 2.45) is 0 Å². The quantitative estimate of drug-likeness (QED) is 0.807. The summed E-state index contributed by atoms with van der Waals surface area (Å²) in [5.41, 5.74) is 2.76. The van der Waals surface area contributed by atoms with Gasteiger partial charge in [0.2, 0.25) is 0 Å². The van der Waals surface area contributed by atoms with E-state index in [0.29, 0.717) is 6.04 Å². The molecule has 0 aliphatic carbocycles. The minimum absolute atomic E-state index is 0.569. The SMILES string of the molecule is Cc1cc(Br)cc([C@@H]2CCCCN2)c1. The summed E-state index contributed by atoms with van der Waals surface area (Å²) in [5, 5.41) is 3.57. The number of rotatable bonds is 1. The Bertz CT molecular complexity index is 296. The number of hydrogen-bond donors (Lipinski definition) is 1. The fraction of sp³-hybridized carbons (Fsp3) is 0.500. The Labute approximate surface area is 94.0 Å². The number of benzene rings is 1. The molecule has 0 unspecified atom stereocenters. The fourth-order valence-corrected chi connectivity index (χ4v) is 2.73. The Morgan fingerprint density at radius 1 is 1.29 bits per heavy atom. The molecule has 1 atom stereocenters. The topological polar surface area (TPSA) is 12.0 Å². The largest absolute Gasteiger partial charge is 0.310 e. The summed E-state index contributed by atoms with van der Waals surface area (Å²) in [4.78, 5) is 0. The van der Waals surface area contributed by atoms with Crippen LogP contribution in [0, 0.1) is 6.92 Å². The van der Waals surface area contributed by atoms with Crippen molar-refractivity contribution in [2.45, 2.75) is 32.2 Å². The van der Waals surface area contributed by atoms with E-state index in [4.69, 9.17) is 0 Å². The minimum atomic E-state index is 0.569. The highest BCUT2D eigenvalue weighted by Crippen LogP contribution is 2.26. The van der Waals surface area contributed by atoms with Crippen LogP contribution in [-0.4, -0.2) is 6.54 Å². The Morgan fingerprint density at radius 2 is 2.14 bits per heavy atom. The van der Waals surface area contributed by atoms with Gasteiger partial charge in [0.25, 0.3) is 0 Å². The van der Waals surface area contributed by atoms with Crippen LogP contribution in [0.1, 0.15) is 36.4 Å². The first-order valence-corrected chi connectivity index (χ1v) is 6.05. The normalized spacial score (nSPS) is 22.3. The lowest BCUT2D eigenvalue weighted by atomic mass is 9.96. The van der Waals surface area contributed by atoms with Crippen LogP contribution >= 0.6 is 15.9 Å². The molecular formula is C12H16BrN. The number of halogens is 1. The third-order valence-electron chi connectivity index (χ3n) is 2.78. The van der Waals surface area contributed by atoms with Crippen LogP contribution in [0.15, 0.2) is 22.7 Å². The molecule has 2 heteroatoms. The van der Waals surface area contributed by atoms with E-state index in [0.717, 1.165) is 6.54 Å². The highest BCUT2D eigenvalue weighted by atomic mass is 79.9. The van der Waals surface area contributed by atoms with E-state index in [1.165, 1.54) is 34.9 Å². The monoisotopic (exact) mass is 253 g/mol. The van der Waals surface area contributed by atoms with E-state index >= 15 is 0 Å². The summed E-state index contributed by atoms with van der Waals surface area (Å²) in [7, 11) is 0. The lowest BCUT2D eigenvalue weighted by Crippen LogP contribution is -2.26. The Kier molecular flexibility index (Phi) is 3.24. The lowest BCUT2D eigenvalue weighted by molar-refractivity contribution is 0.412. The van der Waals surface area contributed by atoms with Gasteiger partial charge in [0.1, 0.15) is 0 Å². The van der Waals surface area contributed by atoms with Crippen molar-refractivity contribution in [3.63, 3.8) is 0 Å². The van der Waals surface area contributed by atoms with Gasteiger partial charge in [-0.25, -0.2) is 0 Å². The molecule has 76 valence electrons. The van der Waals surface area contributed by atoms with E-state index in [-0.39, 0.29) is 0 Å². The summed E-state index contributed by atoms with van der Waals surface area (Å²) in [6.45, 7) is 3.31. The number of piperidine rings is 1. The highest BCUT2D eigenvalue weighted by Gasteiger charge is 2.14. The molecule has 1 N–H and O–H groups in total. The van der Waals surface area contributed by atoms with Crippen molar-refractivity contribution in [2.75, 3.05) is 6.54 Å². The summed E-state index contributed by atoms with van der Waals surface area (Å²) in [5.74, 6) is 0. The zero-order valence-electron chi connectivity index (χ0n) is 8.52. The third-order valence-corrected chi connectivity index (χ3v) is 3.23. The van der Waals surface area contributed by atoms with Gasteiger partial charge in [-0.2, -0.15) is 0 Å². The molecule has 0 saturated carbocycles. The second-order valence-electron chi connectivity index (χ2n) is 4.06. The maximum absolute atomic E-state index is 3.57. The fourth-order valence-electron chi connectivity index (χ4n) is 2.10. The zero-order valence-corrected chi connectivity index (χ0v) is 10.1. The molecule has 1 aliphatic heterocycles. The van der Waals surface area contributed by atoms with Gasteiger partial charge in [-0.3, -0.25) is 0 Å². The van der Waals surface area contributed by atoms with Crippen LogP contribution in [0.5, 0.6) is 0 Å². The predicted octanol–water partition coefficient (Wildman–Crippen LogP) is 3.57. The van der Waals surface area contributed by atoms with Crippen LogP contribution in [0.4, 0.5) is 0 Å². The highest BCUT2D eigenvalue weighted by molar-refractivity contribution is 9.10. The molecule has 1 saturated heterocycles. The maximum Gasteiger partial charge on any atom is 0.0320 e. The van der Waals surface area contributed by atoms with Crippen molar-refractivity contribution < 1.29 is 0 Å². The molecule has 1 aliphatic rings. The molecule has 14 heavy (non-hydrogen) atoms. The number of hydrogen-bond acceptors (Lipinski definition) is 1. The van der Waals surface area contributed by atoms with Crippen molar-refractivity contribution >= 4 is 15.9 Å². The molecule has 0 amide bonds. The van der Waals surface area contributed by atoms with Crippen molar-refractivity contribution in [3.8, 4) is 0 Å². The molecule has 0 bridgehead atoms.